The number of halogens is 1. The maximum absolute atomic E-state index is 13.7. The van der Waals surface area contributed by atoms with Crippen molar-refractivity contribution in [3.8, 4) is 0 Å². The van der Waals surface area contributed by atoms with Gasteiger partial charge in [-0.05, 0) is 13.0 Å². The van der Waals surface area contributed by atoms with Crippen molar-refractivity contribution in [2.45, 2.75) is 13.5 Å². The second-order valence-corrected chi connectivity index (χ2v) is 4.48. The van der Waals surface area contributed by atoms with Crippen molar-refractivity contribution in [1.29, 1.82) is 0 Å². The molecule has 0 saturated carbocycles. The van der Waals surface area contributed by atoms with Crippen molar-refractivity contribution in [2.75, 3.05) is 5.32 Å². The molecule has 94 valence electrons. The molecule has 18 heavy (non-hydrogen) atoms. The second kappa shape index (κ2) is 5.09. The van der Waals surface area contributed by atoms with Crippen molar-refractivity contribution < 1.29 is 14.3 Å². The van der Waals surface area contributed by atoms with Gasteiger partial charge in [0, 0.05) is 11.1 Å². The Bertz CT molecular complexity index is 585. The molecule has 0 fully saturated rings. The molecule has 0 aliphatic heterocycles. The number of nitrogens with one attached hydrogen (secondary N) is 1. The number of thiazole rings is 1. The number of anilines is 1. The third-order valence-corrected chi connectivity index (χ3v) is 3.32. The summed E-state index contributed by atoms with van der Waals surface area (Å²) in [6.07, 6.45) is 1.26. The smallest absolute Gasteiger partial charge is 0.338 e. The van der Waals surface area contributed by atoms with Crippen molar-refractivity contribution in [3.63, 3.8) is 0 Å². The molecule has 2 aromatic rings. The van der Waals surface area contributed by atoms with Crippen LogP contribution in [0.5, 0.6) is 0 Å². The first kappa shape index (κ1) is 12.4. The normalized spacial score (nSPS) is 10.3. The maximum atomic E-state index is 13.7. The molecule has 7 heteroatoms. The third kappa shape index (κ3) is 2.45. The molecular formula is C11H10FN3O2S. The number of aryl methyl sites for hydroxylation is 1. The van der Waals surface area contributed by atoms with E-state index in [2.05, 4.69) is 15.3 Å². The highest BCUT2D eigenvalue weighted by Crippen LogP contribution is 2.18. The Kier molecular flexibility index (Phi) is 3.52. The summed E-state index contributed by atoms with van der Waals surface area (Å²) in [4.78, 5) is 19.6. The minimum Gasteiger partial charge on any atom is -0.478 e. The number of hydrogen-bond acceptors (Lipinski definition) is 5. The highest BCUT2D eigenvalue weighted by molar-refractivity contribution is 7.09. The molecular weight excluding hydrogens is 257 g/mol. The topological polar surface area (TPSA) is 75.1 Å². The van der Waals surface area contributed by atoms with Gasteiger partial charge in [0.2, 0.25) is 0 Å². The summed E-state index contributed by atoms with van der Waals surface area (Å²) < 4.78 is 13.7. The minimum atomic E-state index is -1.31. The molecule has 0 aliphatic carbocycles. The van der Waals surface area contributed by atoms with Crippen LogP contribution in [-0.4, -0.2) is 21.0 Å². The molecule has 2 heterocycles. The van der Waals surface area contributed by atoms with Gasteiger partial charge >= 0.3 is 5.97 Å². The number of rotatable bonds is 4. The van der Waals surface area contributed by atoms with E-state index in [-0.39, 0.29) is 5.82 Å². The molecule has 2 aromatic heterocycles. The van der Waals surface area contributed by atoms with Crippen LogP contribution in [0.15, 0.2) is 17.8 Å². The van der Waals surface area contributed by atoms with Crippen LogP contribution in [0, 0.1) is 12.7 Å². The van der Waals surface area contributed by atoms with E-state index in [4.69, 9.17) is 5.11 Å². The molecule has 0 amide bonds. The van der Waals surface area contributed by atoms with Crippen LogP contribution < -0.4 is 5.32 Å². The predicted octanol–water partition coefficient (Wildman–Crippen LogP) is 2.30. The van der Waals surface area contributed by atoms with E-state index in [1.807, 2.05) is 6.92 Å². The van der Waals surface area contributed by atoms with E-state index in [1.54, 1.807) is 5.51 Å². The Balaban J connectivity index is 2.17. The SMILES string of the molecule is Cc1ncsc1CNc1nccc(C(=O)O)c1F. The number of aromatic nitrogens is 2. The van der Waals surface area contributed by atoms with Gasteiger partial charge in [-0.15, -0.1) is 11.3 Å². The Labute approximate surface area is 106 Å². The zero-order chi connectivity index (χ0) is 13.1. The standard InChI is InChI=1S/C11H10FN3O2S/c1-6-8(18-5-15-6)4-14-10-9(12)7(11(16)17)2-3-13-10/h2-3,5H,4H2,1H3,(H,13,14)(H,16,17). The quantitative estimate of drug-likeness (QED) is 0.889. The van der Waals surface area contributed by atoms with Crippen LogP contribution >= 0.6 is 11.3 Å². The third-order valence-electron chi connectivity index (χ3n) is 2.38. The Morgan fingerprint density at radius 3 is 2.94 bits per heavy atom. The number of pyridine rings is 1. The number of nitrogens with zero attached hydrogens (tertiary/aromatic N) is 2. The highest BCUT2D eigenvalue weighted by Gasteiger charge is 2.15. The molecule has 2 rings (SSSR count). The molecule has 0 aromatic carbocycles. The number of carboxylic acid groups (broad SMARTS) is 1. The molecule has 0 unspecified atom stereocenters. The van der Waals surface area contributed by atoms with Gasteiger partial charge in [0.05, 0.1) is 17.7 Å². The fraction of sp³-hybridized carbons (Fsp3) is 0.182. The molecule has 0 aliphatic rings. The summed E-state index contributed by atoms with van der Waals surface area (Å²) in [6.45, 7) is 2.22. The first-order valence-corrected chi connectivity index (χ1v) is 5.98. The number of carbonyl (C=O) groups is 1. The van der Waals surface area contributed by atoms with Crippen LogP contribution in [0.1, 0.15) is 20.9 Å². The lowest BCUT2D eigenvalue weighted by Gasteiger charge is -2.07. The van der Waals surface area contributed by atoms with Crippen molar-refractivity contribution >= 4 is 23.1 Å². The lowest BCUT2D eigenvalue weighted by atomic mass is 10.2. The average molecular weight is 267 g/mol. The van der Waals surface area contributed by atoms with Crippen molar-refractivity contribution in [3.05, 3.63) is 39.7 Å². The van der Waals surface area contributed by atoms with Crippen LogP contribution in [0.2, 0.25) is 0 Å². The lowest BCUT2D eigenvalue weighted by Crippen LogP contribution is -2.08. The summed E-state index contributed by atoms with van der Waals surface area (Å²) in [5.41, 5.74) is 2.17. The summed E-state index contributed by atoms with van der Waals surface area (Å²) in [6, 6.07) is 1.13. The maximum Gasteiger partial charge on any atom is 0.338 e. The van der Waals surface area contributed by atoms with Gasteiger partial charge < -0.3 is 10.4 Å². The first-order valence-electron chi connectivity index (χ1n) is 5.10. The van der Waals surface area contributed by atoms with E-state index < -0.39 is 17.3 Å². The van der Waals surface area contributed by atoms with Crippen molar-refractivity contribution in [2.24, 2.45) is 0 Å². The zero-order valence-corrected chi connectivity index (χ0v) is 10.3. The fourth-order valence-corrected chi connectivity index (χ4v) is 2.11. The van der Waals surface area contributed by atoms with Crippen LogP contribution in [0.4, 0.5) is 10.2 Å². The summed E-state index contributed by atoms with van der Waals surface area (Å²) in [5, 5.41) is 11.6. The molecule has 0 atom stereocenters. The summed E-state index contributed by atoms with van der Waals surface area (Å²) in [5.74, 6) is -2.23. The van der Waals surface area contributed by atoms with E-state index >= 15 is 0 Å². The molecule has 2 N–H and O–H groups in total. The lowest BCUT2D eigenvalue weighted by molar-refractivity contribution is 0.0692. The molecule has 0 bridgehead atoms. The molecule has 0 radical (unpaired) electrons. The number of carboxylic acids is 1. The Morgan fingerprint density at radius 1 is 1.56 bits per heavy atom. The van der Waals surface area contributed by atoms with Crippen LogP contribution in [0.3, 0.4) is 0 Å². The molecule has 0 saturated heterocycles. The first-order chi connectivity index (χ1) is 8.59. The fourth-order valence-electron chi connectivity index (χ4n) is 1.39. The molecule has 5 nitrogen and oxygen atoms in total. The van der Waals surface area contributed by atoms with E-state index in [9.17, 15) is 9.18 Å². The van der Waals surface area contributed by atoms with E-state index in [0.717, 1.165) is 16.6 Å². The Morgan fingerprint density at radius 2 is 2.33 bits per heavy atom. The highest BCUT2D eigenvalue weighted by atomic mass is 32.1. The van der Waals surface area contributed by atoms with Gasteiger partial charge in [-0.25, -0.2) is 19.2 Å². The largest absolute Gasteiger partial charge is 0.478 e. The van der Waals surface area contributed by atoms with Crippen LogP contribution in [0.25, 0.3) is 0 Å². The number of aromatic carboxylic acids is 1. The van der Waals surface area contributed by atoms with Gasteiger partial charge in [-0.2, -0.15) is 0 Å². The molecule has 0 spiro atoms. The monoisotopic (exact) mass is 267 g/mol. The Hall–Kier alpha value is -2.02. The van der Waals surface area contributed by atoms with Crippen molar-refractivity contribution in [1.82, 2.24) is 9.97 Å². The van der Waals surface area contributed by atoms with Gasteiger partial charge in [0.1, 0.15) is 5.56 Å². The van der Waals surface area contributed by atoms with Gasteiger partial charge in [-0.1, -0.05) is 0 Å². The summed E-state index contributed by atoms with van der Waals surface area (Å²) >= 11 is 1.44. The second-order valence-electron chi connectivity index (χ2n) is 3.54. The average Bonchev–Trinajstić information content (AvgIpc) is 2.73. The van der Waals surface area contributed by atoms with E-state index in [1.165, 1.54) is 17.5 Å². The zero-order valence-electron chi connectivity index (χ0n) is 9.48. The summed E-state index contributed by atoms with van der Waals surface area (Å²) in [7, 11) is 0. The van der Waals surface area contributed by atoms with Crippen LogP contribution in [-0.2, 0) is 6.54 Å². The van der Waals surface area contributed by atoms with Gasteiger partial charge in [0.25, 0.3) is 0 Å². The van der Waals surface area contributed by atoms with Gasteiger partial charge in [0.15, 0.2) is 11.6 Å². The predicted molar refractivity (Wildman–Crippen MR) is 65.3 cm³/mol. The van der Waals surface area contributed by atoms with E-state index in [0.29, 0.717) is 6.54 Å². The minimum absolute atomic E-state index is 0.0669. The van der Waals surface area contributed by atoms with Gasteiger partial charge in [-0.3, -0.25) is 0 Å². The number of hydrogen-bond donors (Lipinski definition) is 2.